The van der Waals surface area contributed by atoms with E-state index in [4.69, 9.17) is 4.74 Å². The number of guanidine groups is 1. The second kappa shape index (κ2) is 10.9. The van der Waals surface area contributed by atoms with Crippen molar-refractivity contribution in [3.63, 3.8) is 0 Å². The molecule has 1 unspecified atom stereocenters. The second-order valence-electron chi connectivity index (χ2n) is 5.61. The molecule has 0 spiro atoms. The third-order valence-electron chi connectivity index (χ3n) is 3.91. The fraction of sp³-hybridized carbons (Fsp3) is 0.611. The summed E-state index contributed by atoms with van der Waals surface area (Å²) in [5, 5.41) is 6.64. The van der Waals surface area contributed by atoms with Gasteiger partial charge in [-0.2, -0.15) is 0 Å². The molecule has 0 bridgehead atoms. The number of hydrogen-bond acceptors (Lipinski definition) is 3. The first-order valence-electron chi connectivity index (χ1n) is 8.48. The first kappa shape index (κ1) is 19.3. The van der Waals surface area contributed by atoms with Gasteiger partial charge < -0.3 is 15.4 Å². The van der Waals surface area contributed by atoms with Crippen LogP contribution in [-0.4, -0.2) is 56.7 Å². The van der Waals surface area contributed by atoms with Crippen LogP contribution in [0.2, 0.25) is 0 Å². The predicted molar refractivity (Wildman–Crippen MR) is 98.4 cm³/mol. The number of likely N-dealkylation sites (N-methyl/N-ethyl adjacent to an activating group) is 1. The lowest BCUT2D eigenvalue weighted by Gasteiger charge is -2.27. The number of aryl methyl sites for hydroxylation is 1. The minimum Gasteiger partial charge on any atom is -0.492 e. The van der Waals surface area contributed by atoms with E-state index >= 15 is 0 Å². The molecule has 0 saturated carbocycles. The van der Waals surface area contributed by atoms with Gasteiger partial charge in [0.25, 0.3) is 0 Å². The van der Waals surface area contributed by atoms with E-state index < -0.39 is 0 Å². The topological polar surface area (TPSA) is 48.9 Å². The lowest BCUT2D eigenvalue weighted by atomic mass is 10.2. The quantitative estimate of drug-likeness (QED) is 0.416. The third kappa shape index (κ3) is 7.37. The van der Waals surface area contributed by atoms with E-state index in [1.807, 2.05) is 12.1 Å². The molecular weight excluding hydrogens is 288 g/mol. The first-order chi connectivity index (χ1) is 11.1. The van der Waals surface area contributed by atoms with Crippen molar-refractivity contribution in [2.45, 2.75) is 33.7 Å². The van der Waals surface area contributed by atoms with Crippen LogP contribution in [0, 0.1) is 6.92 Å². The van der Waals surface area contributed by atoms with E-state index in [1.54, 1.807) is 7.05 Å². The van der Waals surface area contributed by atoms with Crippen LogP contribution >= 0.6 is 0 Å². The van der Waals surface area contributed by atoms with E-state index in [2.05, 4.69) is 60.4 Å². The van der Waals surface area contributed by atoms with Crippen LogP contribution in [0.15, 0.2) is 29.3 Å². The smallest absolute Gasteiger partial charge is 0.191 e. The van der Waals surface area contributed by atoms with Gasteiger partial charge in [0, 0.05) is 19.6 Å². The van der Waals surface area contributed by atoms with Crippen molar-refractivity contribution < 1.29 is 4.74 Å². The Morgan fingerprint density at radius 3 is 2.39 bits per heavy atom. The lowest BCUT2D eigenvalue weighted by Crippen LogP contribution is -2.46. The number of nitrogens with zero attached hydrogens (tertiary/aromatic N) is 2. The highest BCUT2D eigenvalue weighted by Crippen LogP contribution is 2.10. The van der Waals surface area contributed by atoms with Gasteiger partial charge in [0.05, 0.1) is 6.54 Å². The number of rotatable bonds is 9. The zero-order chi connectivity index (χ0) is 17.1. The van der Waals surface area contributed by atoms with Gasteiger partial charge in [-0.15, -0.1) is 0 Å². The molecule has 0 aliphatic rings. The number of aliphatic imine (C=N–C) groups is 1. The summed E-state index contributed by atoms with van der Waals surface area (Å²) in [5.41, 5.74) is 1.24. The molecule has 0 fully saturated rings. The fourth-order valence-electron chi connectivity index (χ4n) is 2.41. The summed E-state index contributed by atoms with van der Waals surface area (Å²) in [6.07, 6.45) is 0. The Labute approximate surface area is 141 Å². The van der Waals surface area contributed by atoms with Crippen LogP contribution in [0.4, 0.5) is 0 Å². The molecule has 5 nitrogen and oxygen atoms in total. The standard InChI is InChI=1S/C18H32N4O/c1-6-22(7-2)16(4)14-21-18(19-5)20-12-13-23-17-10-8-15(3)9-11-17/h8-11,16H,6-7,12-14H2,1-5H3,(H2,19,20,21). The molecule has 0 radical (unpaired) electrons. The number of ether oxygens (including phenoxy) is 1. The van der Waals surface area contributed by atoms with E-state index in [9.17, 15) is 0 Å². The van der Waals surface area contributed by atoms with E-state index in [-0.39, 0.29) is 0 Å². The zero-order valence-electron chi connectivity index (χ0n) is 15.2. The average molecular weight is 320 g/mol. The van der Waals surface area contributed by atoms with Crippen molar-refractivity contribution in [1.82, 2.24) is 15.5 Å². The Bertz CT molecular complexity index is 455. The van der Waals surface area contributed by atoms with Gasteiger partial charge in [0.1, 0.15) is 12.4 Å². The zero-order valence-corrected chi connectivity index (χ0v) is 15.2. The van der Waals surface area contributed by atoms with Gasteiger partial charge in [-0.1, -0.05) is 31.5 Å². The summed E-state index contributed by atoms with van der Waals surface area (Å²) in [6.45, 7) is 13.0. The summed E-state index contributed by atoms with van der Waals surface area (Å²) >= 11 is 0. The summed E-state index contributed by atoms with van der Waals surface area (Å²) in [7, 11) is 1.79. The van der Waals surface area contributed by atoms with Crippen molar-refractivity contribution in [3.05, 3.63) is 29.8 Å². The number of hydrogen-bond donors (Lipinski definition) is 2. The van der Waals surface area contributed by atoms with Crippen molar-refractivity contribution >= 4 is 5.96 Å². The molecule has 23 heavy (non-hydrogen) atoms. The number of benzene rings is 1. The fourth-order valence-corrected chi connectivity index (χ4v) is 2.41. The lowest BCUT2D eigenvalue weighted by molar-refractivity contribution is 0.231. The molecule has 5 heteroatoms. The Hall–Kier alpha value is -1.75. The van der Waals surface area contributed by atoms with Crippen LogP contribution in [0.25, 0.3) is 0 Å². The highest BCUT2D eigenvalue weighted by Gasteiger charge is 2.10. The molecule has 1 aromatic carbocycles. The van der Waals surface area contributed by atoms with Crippen LogP contribution in [0.3, 0.4) is 0 Å². The van der Waals surface area contributed by atoms with Gasteiger partial charge in [-0.3, -0.25) is 9.89 Å². The van der Waals surface area contributed by atoms with Crippen molar-refractivity contribution in [1.29, 1.82) is 0 Å². The van der Waals surface area contributed by atoms with Gasteiger partial charge >= 0.3 is 0 Å². The van der Waals surface area contributed by atoms with Crippen LogP contribution < -0.4 is 15.4 Å². The Balaban J connectivity index is 2.25. The Morgan fingerprint density at radius 1 is 1.17 bits per heavy atom. The summed E-state index contributed by atoms with van der Waals surface area (Å²) in [4.78, 5) is 6.66. The van der Waals surface area contributed by atoms with Crippen LogP contribution in [-0.2, 0) is 0 Å². The van der Waals surface area contributed by atoms with Crippen molar-refractivity contribution in [2.24, 2.45) is 4.99 Å². The molecule has 130 valence electrons. The average Bonchev–Trinajstić information content (AvgIpc) is 2.57. The molecule has 0 saturated heterocycles. The maximum absolute atomic E-state index is 5.70. The predicted octanol–water partition coefficient (Wildman–Crippen LogP) is 2.27. The molecule has 0 heterocycles. The highest BCUT2D eigenvalue weighted by molar-refractivity contribution is 5.79. The van der Waals surface area contributed by atoms with Gasteiger partial charge in [-0.05, 0) is 39.1 Å². The van der Waals surface area contributed by atoms with Crippen LogP contribution in [0.5, 0.6) is 5.75 Å². The van der Waals surface area contributed by atoms with Gasteiger partial charge in [0.2, 0.25) is 0 Å². The molecule has 1 atom stereocenters. The normalized spacial score (nSPS) is 13.0. The third-order valence-corrected chi connectivity index (χ3v) is 3.91. The Morgan fingerprint density at radius 2 is 1.83 bits per heavy atom. The van der Waals surface area contributed by atoms with Crippen molar-refractivity contribution in [2.75, 3.05) is 39.8 Å². The summed E-state index contributed by atoms with van der Waals surface area (Å²) in [5.74, 6) is 1.71. The van der Waals surface area contributed by atoms with Crippen LogP contribution in [0.1, 0.15) is 26.3 Å². The SMILES string of the molecule is CCN(CC)C(C)CNC(=NC)NCCOc1ccc(C)cc1. The van der Waals surface area contributed by atoms with Gasteiger partial charge in [-0.25, -0.2) is 0 Å². The van der Waals surface area contributed by atoms with Gasteiger partial charge in [0.15, 0.2) is 5.96 Å². The largest absolute Gasteiger partial charge is 0.492 e. The number of nitrogens with one attached hydrogen (secondary N) is 2. The highest BCUT2D eigenvalue weighted by atomic mass is 16.5. The Kier molecular flexibility index (Phi) is 9.14. The maximum Gasteiger partial charge on any atom is 0.191 e. The first-order valence-corrected chi connectivity index (χ1v) is 8.48. The van der Waals surface area contributed by atoms with Crippen molar-refractivity contribution in [3.8, 4) is 5.75 Å². The molecule has 1 aromatic rings. The minimum atomic E-state index is 0.479. The summed E-state index contributed by atoms with van der Waals surface area (Å²) < 4.78 is 5.70. The summed E-state index contributed by atoms with van der Waals surface area (Å²) in [6, 6.07) is 8.57. The molecule has 0 aliphatic carbocycles. The van der Waals surface area contributed by atoms with E-state index in [0.717, 1.165) is 31.3 Å². The maximum atomic E-state index is 5.70. The molecule has 2 N–H and O–H groups in total. The monoisotopic (exact) mass is 320 g/mol. The second-order valence-corrected chi connectivity index (χ2v) is 5.61. The van der Waals surface area contributed by atoms with E-state index in [1.165, 1.54) is 5.56 Å². The molecular formula is C18H32N4O. The minimum absolute atomic E-state index is 0.479. The molecule has 1 rings (SSSR count). The molecule has 0 aliphatic heterocycles. The molecule has 0 aromatic heterocycles. The van der Waals surface area contributed by atoms with E-state index in [0.29, 0.717) is 19.2 Å². The molecule has 0 amide bonds.